The number of guanidine groups is 1. The molecule has 1 aromatic carbocycles. The van der Waals surface area contributed by atoms with Gasteiger partial charge in [-0.3, -0.25) is 0 Å². The van der Waals surface area contributed by atoms with Crippen LogP contribution in [0.25, 0.3) is 0 Å². The maximum atomic E-state index is 5.77. The summed E-state index contributed by atoms with van der Waals surface area (Å²) in [5, 5.41) is 17.0. The zero-order valence-corrected chi connectivity index (χ0v) is 17.7. The van der Waals surface area contributed by atoms with Gasteiger partial charge in [-0.2, -0.15) is 0 Å². The molecule has 2 heterocycles. The Morgan fingerprint density at radius 1 is 1.14 bits per heavy atom. The number of methoxy groups -OCH3 is 1. The van der Waals surface area contributed by atoms with Crippen molar-refractivity contribution >= 4 is 17.3 Å². The summed E-state index contributed by atoms with van der Waals surface area (Å²) < 4.78 is 12.9. The predicted molar refractivity (Wildman–Crippen MR) is 115 cm³/mol. The number of ether oxygens (including phenoxy) is 2. The van der Waals surface area contributed by atoms with E-state index in [1.807, 2.05) is 48.9 Å². The molecule has 29 heavy (non-hydrogen) atoms. The van der Waals surface area contributed by atoms with E-state index in [1.165, 1.54) is 4.88 Å². The highest BCUT2D eigenvalue weighted by atomic mass is 32.1. The highest BCUT2D eigenvalue weighted by Gasteiger charge is 2.06. The Hall–Kier alpha value is -3.07. The van der Waals surface area contributed by atoms with Crippen LogP contribution in [0.5, 0.6) is 11.5 Å². The first-order valence-corrected chi connectivity index (χ1v) is 10.2. The molecule has 0 saturated heterocycles. The molecule has 0 atom stereocenters. The SMILES string of the molecule is COc1ccc(OCCNC(=NCc2nnc(C)n2C)NCc2cccs2)cc1. The Morgan fingerprint density at radius 2 is 1.93 bits per heavy atom. The fourth-order valence-corrected chi connectivity index (χ4v) is 3.15. The van der Waals surface area contributed by atoms with Crippen LogP contribution in [0.4, 0.5) is 0 Å². The quantitative estimate of drug-likeness (QED) is 0.318. The number of aliphatic imine (C=N–C) groups is 1. The number of nitrogens with one attached hydrogen (secondary N) is 2. The molecule has 0 radical (unpaired) electrons. The first-order chi connectivity index (χ1) is 14.2. The van der Waals surface area contributed by atoms with Gasteiger partial charge in [0.1, 0.15) is 30.5 Å². The topological polar surface area (TPSA) is 85.6 Å². The summed E-state index contributed by atoms with van der Waals surface area (Å²) >= 11 is 1.71. The summed E-state index contributed by atoms with van der Waals surface area (Å²) in [6.45, 7) is 4.19. The average Bonchev–Trinajstić information content (AvgIpc) is 3.38. The van der Waals surface area contributed by atoms with Gasteiger partial charge in [-0.1, -0.05) is 6.07 Å². The van der Waals surface area contributed by atoms with Gasteiger partial charge in [0.25, 0.3) is 0 Å². The second-order valence-electron chi connectivity index (χ2n) is 6.27. The normalized spacial score (nSPS) is 11.3. The van der Waals surface area contributed by atoms with Crippen LogP contribution in [0.3, 0.4) is 0 Å². The molecular formula is C20H26N6O2S. The van der Waals surface area contributed by atoms with Crippen LogP contribution in [0.2, 0.25) is 0 Å². The lowest BCUT2D eigenvalue weighted by molar-refractivity contribution is 0.321. The largest absolute Gasteiger partial charge is 0.497 e. The molecule has 0 aliphatic heterocycles. The number of benzene rings is 1. The van der Waals surface area contributed by atoms with Crippen molar-refractivity contribution in [1.82, 2.24) is 25.4 Å². The number of aryl methyl sites for hydroxylation is 1. The summed E-state index contributed by atoms with van der Waals surface area (Å²) in [6.07, 6.45) is 0. The van der Waals surface area contributed by atoms with Crippen molar-refractivity contribution in [2.75, 3.05) is 20.3 Å². The van der Waals surface area contributed by atoms with Gasteiger partial charge >= 0.3 is 0 Å². The molecular weight excluding hydrogens is 388 g/mol. The summed E-state index contributed by atoms with van der Waals surface area (Å²) in [4.78, 5) is 5.88. The van der Waals surface area contributed by atoms with Gasteiger partial charge < -0.3 is 24.7 Å². The predicted octanol–water partition coefficient (Wildman–Crippen LogP) is 2.51. The smallest absolute Gasteiger partial charge is 0.192 e. The summed E-state index contributed by atoms with van der Waals surface area (Å²) in [5.41, 5.74) is 0. The van der Waals surface area contributed by atoms with Crippen molar-refractivity contribution in [3.05, 3.63) is 58.3 Å². The third-order valence-electron chi connectivity index (χ3n) is 4.29. The third-order valence-corrected chi connectivity index (χ3v) is 5.17. The van der Waals surface area contributed by atoms with Crippen molar-refractivity contribution in [2.45, 2.75) is 20.0 Å². The van der Waals surface area contributed by atoms with Gasteiger partial charge in [0.05, 0.1) is 20.2 Å². The fraction of sp³-hybridized carbons (Fsp3) is 0.350. The molecule has 3 aromatic rings. The maximum absolute atomic E-state index is 5.77. The van der Waals surface area contributed by atoms with Crippen molar-refractivity contribution in [3.63, 3.8) is 0 Å². The zero-order valence-electron chi connectivity index (χ0n) is 16.9. The van der Waals surface area contributed by atoms with Crippen LogP contribution in [0, 0.1) is 6.92 Å². The number of aromatic nitrogens is 3. The summed E-state index contributed by atoms with van der Waals surface area (Å²) in [5.74, 6) is 3.99. The van der Waals surface area contributed by atoms with Crippen molar-refractivity contribution < 1.29 is 9.47 Å². The third kappa shape index (κ3) is 6.21. The number of hydrogen-bond acceptors (Lipinski definition) is 6. The molecule has 0 saturated carbocycles. The number of rotatable bonds is 9. The van der Waals surface area contributed by atoms with E-state index in [2.05, 4.69) is 37.3 Å². The summed E-state index contributed by atoms with van der Waals surface area (Å²) in [7, 11) is 3.58. The van der Waals surface area contributed by atoms with E-state index in [0.717, 1.165) is 23.1 Å². The van der Waals surface area contributed by atoms with Gasteiger partial charge in [-0.25, -0.2) is 4.99 Å². The van der Waals surface area contributed by atoms with Crippen LogP contribution >= 0.6 is 11.3 Å². The van der Waals surface area contributed by atoms with E-state index >= 15 is 0 Å². The van der Waals surface area contributed by atoms with E-state index < -0.39 is 0 Å². The molecule has 0 unspecified atom stereocenters. The van der Waals surface area contributed by atoms with E-state index in [4.69, 9.17) is 9.47 Å². The van der Waals surface area contributed by atoms with Gasteiger partial charge in [0.15, 0.2) is 11.8 Å². The minimum absolute atomic E-state index is 0.441. The van der Waals surface area contributed by atoms with Crippen molar-refractivity contribution in [1.29, 1.82) is 0 Å². The molecule has 0 aliphatic carbocycles. The van der Waals surface area contributed by atoms with Gasteiger partial charge in [-0.05, 0) is 42.6 Å². The van der Waals surface area contributed by atoms with E-state index in [-0.39, 0.29) is 0 Å². The van der Waals surface area contributed by atoms with Gasteiger partial charge in [-0.15, -0.1) is 21.5 Å². The zero-order chi connectivity index (χ0) is 20.5. The van der Waals surface area contributed by atoms with Gasteiger partial charge in [0, 0.05) is 11.9 Å². The molecule has 3 rings (SSSR count). The molecule has 0 spiro atoms. The highest BCUT2D eigenvalue weighted by Crippen LogP contribution is 2.16. The molecule has 0 fully saturated rings. The van der Waals surface area contributed by atoms with Gasteiger partial charge in [0.2, 0.25) is 0 Å². The Kier molecular flexibility index (Phi) is 7.46. The van der Waals surface area contributed by atoms with Crippen LogP contribution in [0.1, 0.15) is 16.5 Å². The first-order valence-electron chi connectivity index (χ1n) is 9.32. The Bertz CT molecular complexity index is 906. The molecule has 0 aliphatic rings. The number of hydrogen-bond donors (Lipinski definition) is 2. The Labute approximate surface area is 174 Å². The minimum atomic E-state index is 0.441. The Balaban J connectivity index is 1.53. The molecule has 9 heteroatoms. The first kappa shape index (κ1) is 20.7. The summed E-state index contributed by atoms with van der Waals surface area (Å²) in [6, 6.07) is 11.7. The average molecular weight is 415 g/mol. The van der Waals surface area contributed by atoms with Crippen LogP contribution in [0.15, 0.2) is 46.8 Å². The molecule has 0 bridgehead atoms. The lowest BCUT2D eigenvalue weighted by Gasteiger charge is -2.13. The van der Waals surface area contributed by atoms with Crippen LogP contribution in [-0.4, -0.2) is 41.0 Å². The lowest BCUT2D eigenvalue weighted by atomic mass is 10.3. The van der Waals surface area contributed by atoms with E-state index in [0.29, 0.717) is 32.2 Å². The fourth-order valence-electron chi connectivity index (χ4n) is 2.51. The molecule has 8 nitrogen and oxygen atoms in total. The van der Waals surface area contributed by atoms with E-state index in [1.54, 1.807) is 18.4 Å². The number of nitrogens with zero attached hydrogens (tertiary/aromatic N) is 4. The van der Waals surface area contributed by atoms with Crippen molar-refractivity contribution in [2.24, 2.45) is 12.0 Å². The molecule has 2 aromatic heterocycles. The monoisotopic (exact) mass is 414 g/mol. The second kappa shape index (κ2) is 10.5. The lowest BCUT2D eigenvalue weighted by Crippen LogP contribution is -2.39. The number of thiophene rings is 1. The second-order valence-corrected chi connectivity index (χ2v) is 7.30. The molecule has 2 N–H and O–H groups in total. The minimum Gasteiger partial charge on any atom is -0.497 e. The van der Waals surface area contributed by atoms with Crippen LogP contribution in [-0.2, 0) is 20.1 Å². The maximum Gasteiger partial charge on any atom is 0.192 e. The highest BCUT2D eigenvalue weighted by molar-refractivity contribution is 7.09. The molecule has 0 amide bonds. The molecule has 154 valence electrons. The van der Waals surface area contributed by atoms with Crippen LogP contribution < -0.4 is 20.1 Å². The van der Waals surface area contributed by atoms with Crippen molar-refractivity contribution in [3.8, 4) is 11.5 Å². The standard InChI is InChI=1S/C20H26N6O2S/c1-15-24-25-19(26(15)2)14-23-20(22-13-18-5-4-12-29-18)21-10-11-28-17-8-6-16(27-3)7-9-17/h4-9,12H,10-11,13-14H2,1-3H3,(H2,21,22,23). The Morgan fingerprint density at radius 3 is 2.59 bits per heavy atom. The van der Waals surface area contributed by atoms with E-state index in [9.17, 15) is 0 Å².